The SMILES string of the molecule is CCOC(CCNC(=O)NC1CCC(O)CC1)C1CCCC1. The Morgan fingerprint density at radius 2 is 1.86 bits per heavy atom. The highest BCUT2D eigenvalue weighted by Crippen LogP contribution is 2.30. The van der Waals surface area contributed by atoms with Gasteiger partial charge < -0.3 is 20.5 Å². The lowest BCUT2D eigenvalue weighted by Crippen LogP contribution is -2.45. The topological polar surface area (TPSA) is 70.6 Å². The Balaban J connectivity index is 1.62. The summed E-state index contributed by atoms with van der Waals surface area (Å²) in [7, 11) is 0. The van der Waals surface area contributed by atoms with Crippen LogP contribution in [0.1, 0.15) is 64.7 Å². The Morgan fingerprint density at radius 3 is 2.50 bits per heavy atom. The van der Waals surface area contributed by atoms with Crippen LogP contribution in [-0.4, -0.2) is 42.5 Å². The fourth-order valence-corrected chi connectivity index (χ4v) is 3.78. The van der Waals surface area contributed by atoms with Gasteiger partial charge in [-0.3, -0.25) is 0 Å². The summed E-state index contributed by atoms with van der Waals surface area (Å²) in [6, 6.07) is 0.129. The minimum Gasteiger partial charge on any atom is -0.393 e. The summed E-state index contributed by atoms with van der Waals surface area (Å²) < 4.78 is 5.87. The van der Waals surface area contributed by atoms with Crippen LogP contribution in [0.25, 0.3) is 0 Å². The summed E-state index contributed by atoms with van der Waals surface area (Å²) in [6.45, 7) is 3.46. The summed E-state index contributed by atoms with van der Waals surface area (Å²) in [4.78, 5) is 11.9. The first kappa shape index (κ1) is 17.5. The molecule has 2 aliphatic rings. The molecular weight excluding hydrogens is 280 g/mol. The third-order valence-electron chi connectivity index (χ3n) is 5.05. The van der Waals surface area contributed by atoms with Crippen LogP contribution >= 0.6 is 0 Å². The van der Waals surface area contributed by atoms with Gasteiger partial charge in [0, 0.05) is 19.2 Å². The average Bonchev–Trinajstić information content (AvgIpc) is 3.03. The molecule has 0 aromatic heterocycles. The van der Waals surface area contributed by atoms with E-state index in [0.29, 0.717) is 12.5 Å². The van der Waals surface area contributed by atoms with Crippen molar-refractivity contribution in [1.29, 1.82) is 0 Å². The second-order valence-corrected chi connectivity index (χ2v) is 6.73. The minimum absolute atomic E-state index is 0.0805. The quantitative estimate of drug-likeness (QED) is 0.676. The molecule has 0 radical (unpaired) electrons. The van der Waals surface area contributed by atoms with Gasteiger partial charge in [-0.15, -0.1) is 0 Å². The van der Waals surface area contributed by atoms with E-state index in [9.17, 15) is 9.90 Å². The van der Waals surface area contributed by atoms with Crippen LogP contribution < -0.4 is 10.6 Å². The monoisotopic (exact) mass is 312 g/mol. The number of ether oxygens (including phenoxy) is 1. The molecule has 2 rings (SSSR count). The lowest BCUT2D eigenvalue weighted by Gasteiger charge is -2.27. The predicted octanol–water partition coefficient (Wildman–Crippen LogP) is 2.57. The molecule has 0 bridgehead atoms. The van der Waals surface area contributed by atoms with E-state index in [1.165, 1.54) is 25.7 Å². The van der Waals surface area contributed by atoms with Gasteiger partial charge in [0.1, 0.15) is 0 Å². The van der Waals surface area contributed by atoms with Gasteiger partial charge in [-0.2, -0.15) is 0 Å². The Labute approximate surface area is 134 Å². The third-order valence-corrected chi connectivity index (χ3v) is 5.05. The molecule has 1 unspecified atom stereocenters. The lowest BCUT2D eigenvalue weighted by atomic mass is 9.93. The second kappa shape index (κ2) is 9.36. The number of carbonyl (C=O) groups excluding carboxylic acids is 1. The van der Waals surface area contributed by atoms with Crippen LogP contribution in [0, 0.1) is 5.92 Å². The van der Waals surface area contributed by atoms with Crippen molar-refractivity contribution in [2.75, 3.05) is 13.2 Å². The predicted molar refractivity (Wildman–Crippen MR) is 86.8 cm³/mol. The number of aliphatic hydroxyl groups is 1. The zero-order valence-corrected chi connectivity index (χ0v) is 13.9. The standard InChI is InChI=1S/C17H32N2O3/c1-2-22-16(13-5-3-4-6-13)11-12-18-17(21)19-14-7-9-15(20)10-8-14/h13-16,20H,2-12H2,1H3,(H2,18,19,21). The van der Waals surface area contributed by atoms with Crippen LogP contribution in [0.3, 0.4) is 0 Å². The summed E-state index contributed by atoms with van der Waals surface area (Å²) >= 11 is 0. The van der Waals surface area contributed by atoms with Crippen molar-refractivity contribution in [2.24, 2.45) is 5.92 Å². The molecule has 0 spiro atoms. The maximum atomic E-state index is 11.9. The van der Waals surface area contributed by atoms with Crippen LogP contribution in [0.2, 0.25) is 0 Å². The van der Waals surface area contributed by atoms with Gasteiger partial charge in [0.2, 0.25) is 0 Å². The molecule has 2 saturated carbocycles. The fraction of sp³-hybridized carbons (Fsp3) is 0.941. The number of aliphatic hydroxyl groups excluding tert-OH is 1. The molecule has 5 nitrogen and oxygen atoms in total. The first-order valence-electron chi connectivity index (χ1n) is 9.03. The van der Waals surface area contributed by atoms with Crippen molar-refractivity contribution in [3.05, 3.63) is 0 Å². The van der Waals surface area contributed by atoms with Gasteiger partial charge in [0.15, 0.2) is 0 Å². The van der Waals surface area contributed by atoms with E-state index < -0.39 is 0 Å². The molecule has 3 N–H and O–H groups in total. The van der Waals surface area contributed by atoms with Crippen molar-refractivity contribution in [3.8, 4) is 0 Å². The van der Waals surface area contributed by atoms with Crippen molar-refractivity contribution >= 4 is 6.03 Å². The molecule has 22 heavy (non-hydrogen) atoms. The molecule has 2 fully saturated rings. The number of nitrogens with one attached hydrogen (secondary N) is 2. The van der Waals surface area contributed by atoms with Crippen molar-refractivity contribution in [2.45, 2.75) is 83.0 Å². The van der Waals surface area contributed by atoms with Crippen LogP contribution in [0.5, 0.6) is 0 Å². The van der Waals surface area contributed by atoms with E-state index >= 15 is 0 Å². The summed E-state index contributed by atoms with van der Waals surface area (Å²) in [5, 5.41) is 15.4. The molecule has 2 amide bonds. The van der Waals surface area contributed by atoms with Crippen LogP contribution in [-0.2, 0) is 4.74 Å². The van der Waals surface area contributed by atoms with Crippen molar-refractivity contribution in [3.63, 3.8) is 0 Å². The first-order valence-corrected chi connectivity index (χ1v) is 9.03. The van der Waals surface area contributed by atoms with Gasteiger partial charge >= 0.3 is 6.03 Å². The molecule has 2 aliphatic carbocycles. The van der Waals surface area contributed by atoms with E-state index in [1.54, 1.807) is 0 Å². The maximum Gasteiger partial charge on any atom is 0.315 e. The molecule has 0 heterocycles. The normalized spacial score (nSPS) is 27.5. The van der Waals surface area contributed by atoms with Crippen LogP contribution in [0.4, 0.5) is 4.79 Å². The van der Waals surface area contributed by atoms with Gasteiger partial charge in [-0.25, -0.2) is 4.79 Å². The Morgan fingerprint density at radius 1 is 1.18 bits per heavy atom. The molecule has 128 valence electrons. The molecule has 5 heteroatoms. The smallest absolute Gasteiger partial charge is 0.315 e. The van der Waals surface area contributed by atoms with E-state index in [0.717, 1.165) is 38.7 Å². The number of rotatable bonds is 7. The minimum atomic E-state index is -0.181. The number of amides is 2. The van der Waals surface area contributed by atoms with Gasteiger partial charge in [-0.1, -0.05) is 12.8 Å². The molecule has 0 aromatic rings. The zero-order valence-electron chi connectivity index (χ0n) is 13.9. The van der Waals surface area contributed by atoms with Gasteiger partial charge in [0.25, 0.3) is 0 Å². The molecule has 0 aromatic carbocycles. The van der Waals surface area contributed by atoms with E-state index in [-0.39, 0.29) is 24.3 Å². The summed E-state index contributed by atoms with van der Waals surface area (Å²) in [5.74, 6) is 0.671. The number of carbonyl (C=O) groups is 1. The van der Waals surface area contributed by atoms with E-state index in [2.05, 4.69) is 10.6 Å². The maximum absolute atomic E-state index is 11.9. The number of hydrogen-bond acceptors (Lipinski definition) is 3. The molecule has 1 atom stereocenters. The lowest BCUT2D eigenvalue weighted by molar-refractivity contribution is 0.0167. The summed E-state index contributed by atoms with van der Waals surface area (Å²) in [6.07, 6.45) is 9.50. The van der Waals surface area contributed by atoms with Gasteiger partial charge in [-0.05, 0) is 57.8 Å². The molecular formula is C17H32N2O3. The third kappa shape index (κ3) is 5.76. The zero-order chi connectivity index (χ0) is 15.8. The fourth-order valence-electron chi connectivity index (χ4n) is 3.78. The van der Waals surface area contributed by atoms with Crippen molar-refractivity contribution < 1.29 is 14.6 Å². The first-order chi connectivity index (χ1) is 10.7. The number of urea groups is 1. The highest BCUT2D eigenvalue weighted by molar-refractivity contribution is 5.74. The van der Waals surface area contributed by atoms with Crippen molar-refractivity contribution in [1.82, 2.24) is 10.6 Å². The highest BCUT2D eigenvalue weighted by atomic mass is 16.5. The number of hydrogen-bond donors (Lipinski definition) is 3. The largest absolute Gasteiger partial charge is 0.393 e. The Hall–Kier alpha value is -0.810. The van der Waals surface area contributed by atoms with E-state index in [4.69, 9.17) is 4.74 Å². The Bertz CT molecular complexity index is 324. The molecule has 0 aliphatic heterocycles. The second-order valence-electron chi connectivity index (χ2n) is 6.73. The Kier molecular flexibility index (Phi) is 7.46. The summed E-state index contributed by atoms with van der Waals surface area (Å²) in [5.41, 5.74) is 0. The highest BCUT2D eigenvalue weighted by Gasteiger charge is 2.25. The average molecular weight is 312 g/mol. The van der Waals surface area contributed by atoms with E-state index in [1.807, 2.05) is 6.92 Å². The van der Waals surface area contributed by atoms with Crippen LogP contribution in [0.15, 0.2) is 0 Å². The van der Waals surface area contributed by atoms with Gasteiger partial charge in [0.05, 0.1) is 12.2 Å². The molecule has 0 saturated heterocycles.